The van der Waals surface area contributed by atoms with E-state index >= 15 is 0 Å². The average Bonchev–Trinajstić information content (AvgIpc) is 3.08. The topological polar surface area (TPSA) is 168 Å². The molecule has 10 heteroatoms. The smallest absolute Gasteiger partial charge is 0.316 e. The van der Waals surface area contributed by atoms with E-state index < -0.39 is 30.6 Å². The Kier molecular flexibility index (Phi) is 6.25. The van der Waals surface area contributed by atoms with Crippen LogP contribution in [0.25, 0.3) is 11.0 Å². The van der Waals surface area contributed by atoms with Crippen molar-refractivity contribution in [2.24, 2.45) is 5.73 Å². The van der Waals surface area contributed by atoms with Gasteiger partial charge in [-0.2, -0.15) is 0 Å². The fourth-order valence-corrected chi connectivity index (χ4v) is 2.98. The van der Waals surface area contributed by atoms with Crippen molar-refractivity contribution in [3.05, 3.63) is 53.0 Å². The summed E-state index contributed by atoms with van der Waals surface area (Å²) in [6.45, 7) is 1.74. The third-order valence-corrected chi connectivity index (χ3v) is 4.68. The number of rotatable bonds is 8. The fourth-order valence-electron chi connectivity index (χ4n) is 2.98. The predicted molar refractivity (Wildman–Crippen MR) is 111 cm³/mol. The number of pyridine rings is 1. The Bertz CT molecular complexity index is 1140. The lowest BCUT2D eigenvalue weighted by Gasteiger charge is -2.23. The second-order valence-corrected chi connectivity index (χ2v) is 7.20. The first-order valence-electron chi connectivity index (χ1n) is 9.36. The summed E-state index contributed by atoms with van der Waals surface area (Å²) < 4.78 is 11.2. The van der Waals surface area contributed by atoms with Crippen molar-refractivity contribution in [1.82, 2.24) is 4.98 Å². The van der Waals surface area contributed by atoms with Gasteiger partial charge in [0, 0.05) is 28.4 Å². The number of hydrogen-bond acceptors (Lipinski definition) is 8. The van der Waals surface area contributed by atoms with E-state index in [1.54, 1.807) is 32.0 Å². The van der Waals surface area contributed by atoms with Gasteiger partial charge in [-0.1, -0.05) is 0 Å². The number of aryl methyl sites for hydroxylation is 2. The van der Waals surface area contributed by atoms with Crippen LogP contribution in [0.4, 0.5) is 10.5 Å². The maximum Gasteiger partial charge on any atom is 0.316 e. The molecule has 0 atom stereocenters. The van der Waals surface area contributed by atoms with Crippen molar-refractivity contribution in [1.29, 1.82) is 0 Å². The number of ether oxygens (including phenoxy) is 1. The second-order valence-electron chi connectivity index (χ2n) is 7.20. The molecule has 0 aliphatic carbocycles. The highest BCUT2D eigenvalue weighted by molar-refractivity contribution is 6.17. The van der Waals surface area contributed by atoms with E-state index in [1.165, 1.54) is 12.1 Å². The lowest BCUT2D eigenvalue weighted by Crippen LogP contribution is -2.43. The van der Waals surface area contributed by atoms with E-state index in [4.69, 9.17) is 25.1 Å². The normalized spacial score (nSPS) is 11.5. The minimum Gasteiger partial charge on any atom is -0.490 e. The minimum absolute atomic E-state index is 0.112. The number of primary amides is 1. The molecule has 1 aromatic carbocycles. The Morgan fingerprint density at radius 2 is 1.90 bits per heavy atom. The Morgan fingerprint density at radius 1 is 1.19 bits per heavy atom. The Labute approximate surface area is 177 Å². The number of aliphatic hydroxyl groups excluding tert-OH is 2. The van der Waals surface area contributed by atoms with Gasteiger partial charge in [0.25, 0.3) is 0 Å². The van der Waals surface area contributed by atoms with Crippen LogP contribution in [-0.4, -0.2) is 57.5 Å². The molecule has 2 amide bonds. The van der Waals surface area contributed by atoms with Gasteiger partial charge in [0.1, 0.15) is 29.2 Å². The molecular weight excluding hydrogens is 406 g/mol. The Morgan fingerprint density at radius 3 is 2.52 bits per heavy atom. The quantitative estimate of drug-likeness (QED) is 0.333. The van der Waals surface area contributed by atoms with Crippen LogP contribution in [-0.2, 0) is 0 Å². The predicted octanol–water partition coefficient (Wildman–Crippen LogP) is 1.26. The zero-order valence-electron chi connectivity index (χ0n) is 17.0. The summed E-state index contributed by atoms with van der Waals surface area (Å²) >= 11 is 0. The molecule has 0 radical (unpaired) electrons. The second kappa shape index (κ2) is 8.72. The van der Waals surface area contributed by atoms with Crippen LogP contribution in [0.3, 0.4) is 0 Å². The van der Waals surface area contributed by atoms with Crippen molar-refractivity contribution in [2.45, 2.75) is 19.4 Å². The molecule has 2 heterocycles. The highest BCUT2D eigenvalue weighted by atomic mass is 16.5. The van der Waals surface area contributed by atoms with Gasteiger partial charge in [-0.15, -0.1) is 0 Å². The van der Waals surface area contributed by atoms with Gasteiger partial charge in [-0.25, -0.2) is 4.79 Å². The number of aromatic nitrogens is 1. The molecule has 0 aliphatic rings. The Balaban J connectivity index is 2.02. The van der Waals surface area contributed by atoms with E-state index in [0.717, 1.165) is 5.69 Å². The number of carbonyl (C=O) groups excluding carboxylic acids is 2. The molecule has 164 valence electrons. The summed E-state index contributed by atoms with van der Waals surface area (Å²) in [4.78, 5) is 28.9. The summed E-state index contributed by atoms with van der Waals surface area (Å²) in [6, 6.07) is 6.97. The number of carbonyl (C=O) groups is 2. The number of furan rings is 1. The zero-order valence-corrected chi connectivity index (χ0v) is 17.0. The van der Waals surface area contributed by atoms with Crippen LogP contribution in [0.2, 0.25) is 0 Å². The van der Waals surface area contributed by atoms with E-state index in [-0.39, 0.29) is 29.4 Å². The number of aliphatic hydroxyl groups is 3. The first-order chi connectivity index (χ1) is 14.7. The maximum absolute atomic E-state index is 13.1. The summed E-state index contributed by atoms with van der Waals surface area (Å²) in [6.07, 6.45) is 0. The molecule has 2 aromatic heterocycles. The monoisotopic (exact) mass is 429 g/mol. The fraction of sp³-hybridized carbons (Fsp3) is 0.286. The molecule has 0 saturated carbocycles. The summed E-state index contributed by atoms with van der Waals surface area (Å²) in [5.41, 5.74) is 5.36. The van der Waals surface area contributed by atoms with Gasteiger partial charge in [-0.05, 0) is 38.1 Å². The van der Waals surface area contributed by atoms with Crippen LogP contribution in [0.5, 0.6) is 5.75 Å². The standard InChI is InChI=1S/C21H23N3O7/c1-11-3-5-14(12(2)23-11)18(27)19-17(24-20(22)28)15-6-4-13(7-16(15)31-19)30-10-21(29,8-25)9-26/h3-7,25-26,29H,8-10H2,1-2H3,(H3,22,24,28). The van der Waals surface area contributed by atoms with Gasteiger partial charge in [-0.3, -0.25) is 9.78 Å². The zero-order chi connectivity index (χ0) is 22.8. The molecule has 0 bridgehead atoms. The maximum atomic E-state index is 13.1. The summed E-state index contributed by atoms with van der Waals surface area (Å²) in [5.74, 6) is -0.358. The van der Waals surface area contributed by atoms with Gasteiger partial charge < -0.3 is 35.5 Å². The van der Waals surface area contributed by atoms with E-state index in [1.807, 2.05) is 0 Å². The summed E-state index contributed by atoms with van der Waals surface area (Å²) in [7, 11) is 0. The number of anilines is 1. The number of nitrogens with one attached hydrogen (secondary N) is 1. The largest absolute Gasteiger partial charge is 0.490 e. The van der Waals surface area contributed by atoms with Gasteiger partial charge in [0.2, 0.25) is 5.78 Å². The van der Waals surface area contributed by atoms with Crippen molar-refractivity contribution < 1.29 is 34.1 Å². The third-order valence-electron chi connectivity index (χ3n) is 4.68. The van der Waals surface area contributed by atoms with Crippen LogP contribution in [0.15, 0.2) is 34.7 Å². The molecule has 0 unspecified atom stereocenters. The van der Waals surface area contributed by atoms with E-state index in [9.17, 15) is 14.7 Å². The lowest BCUT2D eigenvalue weighted by atomic mass is 10.1. The van der Waals surface area contributed by atoms with Crippen molar-refractivity contribution in [2.75, 3.05) is 25.1 Å². The molecule has 0 saturated heterocycles. The SMILES string of the molecule is Cc1ccc(C(=O)c2oc3cc(OCC(O)(CO)CO)ccc3c2NC(N)=O)c(C)n1. The van der Waals surface area contributed by atoms with Crippen LogP contribution < -0.4 is 15.8 Å². The van der Waals surface area contributed by atoms with E-state index in [2.05, 4.69) is 10.3 Å². The lowest BCUT2D eigenvalue weighted by molar-refractivity contribution is -0.0806. The average molecular weight is 429 g/mol. The molecule has 0 fully saturated rings. The molecular formula is C21H23N3O7. The molecule has 0 aliphatic heterocycles. The van der Waals surface area contributed by atoms with Crippen molar-refractivity contribution in [3.8, 4) is 5.75 Å². The van der Waals surface area contributed by atoms with Crippen molar-refractivity contribution >= 4 is 28.5 Å². The van der Waals surface area contributed by atoms with Crippen LogP contribution in [0.1, 0.15) is 27.5 Å². The van der Waals surface area contributed by atoms with Crippen LogP contribution >= 0.6 is 0 Å². The Hall–Kier alpha value is -3.47. The number of ketones is 1. The minimum atomic E-state index is -1.81. The molecule has 3 rings (SSSR count). The third kappa shape index (κ3) is 4.66. The molecule has 31 heavy (non-hydrogen) atoms. The number of amides is 2. The highest BCUT2D eigenvalue weighted by Crippen LogP contribution is 2.35. The highest BCUT2D eigenvalue weighted by Gasteiger charge is 2.27. The van der Waals surface area contributed by atoms with Gasteiger partial charge >= 0.3 is 6.03 Å². The molecule has 10 nitrogen and oxygen atoms in total. The van der Waals surface area contributed by atoms with E-state index in [0.29, 0.717) is 16.6 Å². The number of urea groups is 1. The number of hydrogen-bond donors (Lipinski definition) is 5. The van der Waals surface area contributed by atoms with Gasteiger partial charge in [0.05, 0.1) is 13.2 Å². The number of benzene rings is 1. The molecule has 0 spiro atoms. The first-order valence-corrected chi connectivity index (χ1v) is 9.36. The van der Waals surface area contributed by atoms with Crippen LogP contribution in [0, 0.1) is 13.8 Å². The molecule has 3 aromatic rings. The first kappa shape index (κ1) is 22.2. The van der Waals surface area contributed by atoms with Gasteiger partial charge in [0.15, 0.2) is 5.76 Å². The number of nitrogens with zero attached hydrogens (tertiary/aromatic N) is 1. The number of nitrogens with two attached hydrogens (primary N) is 1. The number of fused-ring (bicyclic) bond motifs is 1. The van der Waals surface area contributed by atoms with Crippen molar-refractivity contribution in [3.63, 3.8) is 0 Å². The molecule has 6 N–H and O–H groups in total. The summed E-state index contributed by atoms with van der Waals surface area (Å²) in [5, 5.41) is 31.1.